The lowest BCUT2D eigenvalue weighted by atomic mass is 10.2. The van der Waals surface area contributed by atoms with Gasteiger partial charge in [0.2, 0.25) is 0 Å². The minimum Gasteiger partial charge on any atom is -0.454 e. The highest BCUT2D eigenvalue weighted by Crippen LogP contribution is 2.42. The first-order valence-electron chi connectivity index (χ1n) is 6.33. The van der Waals surface area contributed by atoms with Gasteiger partial charge in [0, 0.05) is 6.07 Å². The van der Waals surface area contributed by atoms with E-state index in [-0.39, 0.29) is 22.7 Å². The Hall–Kier alpha value is -2.52. The molecule has 0 amide bonds. The van der Waals surface area contributed by atoms with Crippen molar-refractivity contribution in [1.82, 2.24) is 0 Å². The predicted octanol–water partition coefficient (Wildman–Crippen LogP) is 5.52. The predicted molar refractivity (Wildman–Crippen MR) is 84.0 cm³/mol. The van der Waals surface area contributed by atoms with E-state index in [4.69, 9.17) is 33.1 Å². The fraction of sp³-hybridized carbons (Fsp3) is 0.0714. The molecule has 2 rings (SSSR count). The smallest absolute Gasteiger partial charge is 0.416 e. The number of benzene rings is 2. The molecule has 0 unspecified atom stereocenters. The first kappa shape index (κ1) is 18.8. The average molecular weight is 395 g/mol. The van der Waals surface area contributed by atoms with Gasteiger partial charge in [-0.25, -0.2) is 0 Å². The van der Waals surface area contributed by atoms with Gasteiger partial charge in [0.15, 0.2) is 5.75 Å². The zero-order valence-electron chi connectivity index (χ0n) is 11.9. The molecule has 132 valence electrons. The van der Waals surface area contributed by atoms with Crippen LogP contribution in [-0.2, 0) is 6.18 Å². The zero-order valence-corrected chi connectivity index (χ0v) is 13.4. The number of nitro groups is 1. The molecule has 0 fully saturated rings. The van der Waals surface area contributed by atoms with Crippen LogP contribution < -0.4 is 4.74 Å². The summed E-state index contributed by atoms with van der Waals surface area (Å²) >= 11 is 11.6. The Bertz CT molecular complexity index is 833. The number of alkyl halides is 3. The van der Waals surface area contributed by atoms with Crippen molar-refractivity contribution in [3.05, 3.63) is 61.6 Å². The number of oxime groups is 1. The van der Waals surface area contributed by atoms with Crippen molar-refractivity contribution < 1.29 is 28.0 Å². The van der Waals surface area contributed by atoms with Crippen molar-refractivity contribution in [3.63, 3.8) is 0 Å². The van der Waals surface area contributed by atoms with Crippen molar-refractivity contribution in [2.45, 2.75) is 6.18 Å². The van der Waals surface area contributed by atoms with Crippen LogP contribution in [0, 0.1) is 10.1 Å². The number of nitrogens with zero attached hydrogens (tertiary/aromatic N) is 2. The first-order valence-corrected chi connectivity index (χ1v) is 7.09. The number of halogens is 5. The maximum absolute atomic E-state index is 12.7. The van der Waals surface area contributed by atoms with Crippen molar-refractivity contribution in [2.75, 3.05) is 0 Å². The van der Waals surface area contributed by atoms with Crippen LogP contribution in [0.25, 0.3) is 0 Å². The summed E-state index contributed by atoms with van der Waals surface area (Å²) in [6.07, 6.45) is -3.83. The fourth-order valence-corrected chi connectivity index (χ4v) is 2.43. The molecule has 0 saturated carbocycles. The second-order valence-electron chi connectivity index (χ2n) is 4.59. The summed E-state index contributed by atoms with van der Waals surface area (Å²) < 4.78 is 43.4. The first-order chi connectivity index (χ1) is 11.6. The Kier molecular flexibility index (Phi) is 5.39. The monoisotopic (exact) mass is 394 g/mol. The van der Waals surface area contributed by atoms with Crippen LogP contribution in [0.4, 0.5) is 18.9 Å². The third-order valence-electron chi connectivity index (χ3n) is 2.94. The Morgan fingerprint density at radius 1 is 1.20 bits per heavy atom. The molecular formula is C14H7Cl2F3N2O4. The van der Waals surface area contributed by atoms with E-state index in [0.29, 0.717) is 12.1 Å². The molecule has 0 aliphatic carbocycles. The van der Waals surface area contributed by atoms with Gasteiger partial charge in [0.25, 0.3) is 5.69 Å². The second-order valence-corrected chi connectivity index (χ2v) is 5.41. The van der Waals surface area contributed by atoms with Crippen molar-refractivity contribution in [1.29, 1.82) is 0 Å². The van der Waals surface area contributed by atoms with Gasteiger partial charge in [-0.3, -0.25) is 10.1 Å². The van der Waals surface area contributed by atoms with Gasteiger partial charge in [0.1, 0.15) is 5.75 Å². The minimum atomic E-state index is -4.63. The van der Waals surface area contributed by atoms with E-state index in [0.717, 1.165) is 18.3 Å². The summed E-state index contributed by atoms with van der Waals surface area (Å²) in [5.41, 5.74) is -1.51. The molecule has 2 aromatic carbocycles. The highest BCUT2D eigenvalue weighted by molar-refractivity contribution is 6.37. The molecule has 0 aromatic heterocycles. The molecule has 25 heavy (non-hydrogen) atoms. The maximum Gasteiger partial charge on any atom is 0.416 e. The van der Waals surface area contributed by atoms with Crippen LogP contribution in [0.2, 0.25) is 10.0 Å². The number of ether oxygens (including phenoxy) is 1. The van der Waals surface area contributed by atoms with Crippen molar-refractivity contribution in [2.24, 2.45) is 5.16 Å². The van der Waals surface area contributed by atoms with Gasteiger partial charge < -0.3 is 9.94 Å². The van der Waals surface area contributed by atoms with Crippen LogP contribution in [0.5, 0.6) is 11.5 Å². The Morgan fingerprint density at radius 3 is 2.28 bits per heavy atom. The molecule has 0 spiro atoms. The molecule has 0 atom stereocenters. The summed E-state index contributed by atoms with van der Waals surface area (Å²) in [6, 6.07) is 4.69. The normalized spacial score (nSPS) is 11.7. The lowest BCUT2D eigenvalue weighted by Gasteiger charge is -2.13. The molecule has 0 radical (unpaired) electrons. The third kappa shape index (κ3) is 4.31. The molecule has 0 saturated heterocycles. The molecule has 2 aromatic rings. The highest BCUT2D eigenvalue weighted by atomic mass is 35.5. The Morgan fingerprint density at radius 2 is 1.80 bits per heavy atom. The van der Waals surface area contributed by atoms with Gasteiger partial charge in [-0.15, -0.1) is 0 Å². The third-order valence-corrected chi connectivity index (χ3v) is 3.50. The lowest BCUT2D eigenvalue weighted by molar-refractivity contribution is -0.385. The van der Waals surface area contributed by atoms with Crippen LogP contribution in [0.1, 0.15) is 11.1 Å². The summed E-state index contributed by atoms with van der Waals surface area (Å²) in [6.45, 7) is 0. The molecule has 0 aliphatic heterocycles. The Labute approximate surface area is 148 Å². The molecular weight excluding hydrogens is 388 g/mol. The fourth-order valence-electron chi connectivity index (χ4n) is 1.87. The molecule has 11 heteroatoms. The molecule has 6 nitrogen and oxygen atoms in total. The second kappa shape index (κ2) is 7.16. The maximum atomic E-state index is 12.7. The summed E-state index contributed by atoms with van der Waals surface area (Å²) in [5, 5.41) is 21.4. The summed E-state index contributed by atoms with van der Waals surface area (Å²) in [5.74, 6) is -0.263. The van der Waals surface area contributed by atoms with Crippen LogP contribution in [0.3, 0.4) is 0 Å². The van der Waals surface area contributed by atoms with Crippen LogP contribution in [-0.4, -0.2) is 16.3 Å². The molecule has 0 aliphatic rings. The van der Waals surface area contributed by atoms with Gasteiger partial charge in [0.05, 0.1) is 32.3 Å². The lowest BCUT2D eigenvalue weighted by Crippen LogP contribution is -2.05. The van der Waals surface area contributed by atoms with Crippen LogP contribution >= 0.6 is 23.2 Å². The quantitative estimate of drug-likeness (QED) is 0.320. The SMILES string of the molecule is O=[N+]([O-])c1ccc(Oc2c(Cl)cc(C(F)(F)F)cc2Cl)cc1/C=N\O. The van der Waals surface area contributed by atoms with Crippen LogP contribution in [0.15, 0.2) is 35.5 Å². The van der Waals surface area contributed by atoms with Gasteiger partial charge >= 0.3 is 6.18 Å². The van der Waals surface area contributed by atoms with E-state index in [1.54, 1.807) is 0 Å². The average Bonchev–Trinajstić information content (AvgIpc) is 2.50. The number of nitro benzene ring substituents is 1. The standard InChI is InChI=1S/C14H7Cl2F3N2O4/c15-10-4-8(14(17,18)19)5-11(16)13(10)25-9-1-2-12(21(23)24)7(3-9)6-20-22/h1-6,22H/b20-6-. The van der Waals surface area contributed by atoms with Crippen molar-refractivity contribution in [3.8, 4) is 11.5 Å². The van der Waals surface area contributed by atoms with E-state index in [1.165, 1.54) is 6.07 Å². The largest absolute Gasteiger partial charge is 0.454 e. The van der Waals surface area contributed by atoms with E-state index in [1.807, 2.05) is 0 Å². The topological polar surface area (TPSA) is 85.0 Å². The number of hydrogen-bond acceptors (Lipinski definition) is 5. The van der Waals surface area contributed by atoms with E-state index in [2.05, 4.69) is 5.16 Å². The van der Waals surface area contributed by atoms with Crippen molar-refractivity contribution >= 4 is 35.1 Å². The van der Waals surface area contributed by atoms with E-state index >= 15 is 0 Å². The summed E-state index contributed by atoms with van der Waals surface area (Å²) in [7, 11) is 0. The van der Waals surface area contributed by atoms with E-state index in [9.17, 15) is 23.3 Å². The number of hydrogen-bond donors (Lipinski definition) is 1. The van der Waals surface area contributed by atoms with Gasteiger partial charge in [-0.05, 0) is 24.3 Å². The summed E-state index contributed by atoms with van der Waals surface area (Å²) in [4.78, 5) is 10.2. The molecule has 0 bridgehead atoms. The van der Waals surface area contributed by atoms with E-state index < -0.39 is 26.7 Å². The Balaban J connectivity index is 2.43. The molecule has 1 N–H and O–H groups in total. The molecule has 0 heterocycles. The van der Waals surface area contributed by atoms with Gasteiger partial charge in [-0.1, -0.05) is 28.4 Å². The minimum absolute atomic E-state index is 0.0101. The zero-order chi connectivity index (χ0) is 18.8. The highest BCUT2D eigenvalue weighted by Gasteiger charge is 2.32. The van der Waals surface area contributed by atoms with Gasteiger partial charge in [-0.2, -0.15) is 13.2 Å². The number of rotatable bonds is 4.